The van der Waals surface area contributed by atoms with Crippen molar-refractivity contribution in [3.63, 3.8) is 0 Å². The molecule has 2 N–H and O–H groups in total. The van der Waals surface area contributed by atoms with Crippen molar-refractivity contribution in [2.75, 3.05) is 6.61 Å². The molecule has 1 atom stereocenters. The van der Waals surface area contributed by atoms with Gasteiger partial charge in [-0.3, -0.25) is 4.79 Å². The van der Waals surface area contributed by atoms with Gasteiger partial charge in [0.25, 0.3) is 0 Å². The predicted molar refractivity (Wildman–Crippen MR) is 91.4 cm³/mol. The Morgan fingerprint density at radius 2 is 2.21 bits per heavy atom. The summed E-state index contributed by atoms with van der Waals surface area (Å²) in [7, 11) is 0. The fraction of sp³-hybridized carbons (Fsp3) is 0.333. The molecule has 0 saturated heterocycles. The first-order valence-electron chi connectivity index (χ1n) is 7.91. The number of thiophene rings is 1. The second kappa shape index (κ2) is 7.49. The lowest BCUT2D eigenvalue weighted by molar-refractivity contribution is -0.139. The number of benzene rings is 1. The Balaban J connectivity index is 1.59. The Morgan fingerprint density at radius 1 is 1.33 bits per heavy atom. The maximum Gasteiger partial charge on any atom is 0.341 e. The van der Waals surface area contributed by atoms with Crippen LogP contribution in [0.2, 0.25) is 0 Å². The van der Waals surface area contributed by atoms with E-state index >= 15 is 0 Å². The summed E-state index contributed by atoms with van der Waals surface area (Å²) in [5.41, 5.74) is 2.05. The number of carbonyl (C=O) groups excluding carboxylic acids is 1. The van der Waals surface area contributed by atoms with Gasteiger partial charge in [0.15, 0.2) is 6.61 Å². The largest absolute Gasteiger partial charge is 0.482 e. The number of ether oxygens (including phenoxy) is 1. The Kier molecular flexibility index (Phi) is 5.15. The fourth-order valence-corrected chi connectivity index (χ4v) is 3.95. The summed E-state index contributed by atoms with van der Waals surface area (Å²) in [6, 6.07) is 9.18. The van der Waals surface area contributed by atoms with Crippen LogP contribution in [0.5, 0.6) is 5.75 Å². The van der Waals surface area contributed by atoms with E-state index in [0.29, 0.717) is 12.3 Å². The Hall–Kier alpha value is -2.34. The molecule has 3 rings (SSSR count). The van der Waals surface area contributed by atoms with E-state index in [-0.39, 0.29) is 18.4 Å². The van der Waals surface area contributed by atoms with Gasteiger partial charge in [-0.1, -0.05) is 12.1 Å². The van der Waals surface area contributed by atoms with Crippen LogP contribution in [0.25, 0.3) is 0 Å². The summed E-state index contributed by atoms with van der Waals surface area (Å²) in [6.07, 6.45) is 3.00. The van der Waals surface area contributed by atoms with Gasteiger partial charge in [0.1, 0.15) is 5.75 Å². The van der Waals surface area contributed by atoms with Crippen molar-refractivity contribution in [2.24, 2.45) is 0 Å². The molecule has 1 aliphatic carbocycles. The molecule has 1 aromatic carbocycles. The second-order valence-corrected chi connectivity index (χ2v) is 6.79. The van der Waals surface area contributed by atoms with Crippen molar-refractivity contribution in [1.82, 2.24) is 5.32 Å². The van der Waals surface area contributed by atoms with E-state index < -0.39 is 5.97 Å². The molecule has 126 valence electrons. The van der Waals surface area contributed by atoms with E-state index in [1.165, 1.54) is 10.4 Å². The van der Waals surface area contributed by atoms with Crippen LogP contribution < -0.4 is 10.1 Å². The fourth-order valence-electron chi connectivity index (χ4n) is 2.96. The first kappa shape index (κ1) is 16.5. The average Bonchev–Trinajstić information content (AvgIpc) is 3.07. The molecule has 0 radical (unpaired) electrons. The van der Waals surface area contributed by atoms with Crippen LogP contribution in [-0.4, -0.2) is 23.6 Å². The number of carboxylic acids is 1. The normalized spacial score (nSPS) is 16.2. The number of carboxylic acid groups (broad SMARTS) is 1. The number of amides is 1. The van der Waals surface area contributed by atoms with Crippen molar-refractivity contribution in [3.8, 4) is 5.75 Å². The molecule has 5 nitrogen and oxygen atoms in total. The van der Waals surface area contributed by atoms with Crippen molar-refractivity contribution >= 4 is 23.2 Å². The van der Waals surface area contributed by atoms with Gasteiger partial charge in [0.2, 0.25) is 5.91 Å². The van der Waals surface area contributed by atoms with Gasteiger partial charge in [-0.15, -0.1) is 11.3 Å². The minimum atomic E-state index is -1.02. The summed E-state index contributed by atoms with van der Waals surface area (Å²) < 4.78 is 5.16. The molecule has 24 heavy (non-hydrogen) atoms. The van der Waals surface area contributed by atoms with Crippen molar-refractivity contribution in [2.45, 2.75) is 31.7 Å². The maximum atomic E-state index is 12.5. The lowest BCUT2D eigenvalue weighted by atomic mass is 9.87. The molecular weight excluding hydrogens is 326 g/mol. The first-order chi connectivity index (χ1) is 11.6. The number of nitrogens with one attached hydrogen (secondary N) is 1. The number of fused-ring (bicyclic) bond motifs is 1. The third-order valence-corrected chi connectivity index (χ3v) is 5.09. The van der Waals surface area contributed by atoms with E-state index in [2.05, 4.69) is 16.8 Å². The van der Waals surface area contributed by atoms with Crippen LogP contribution in [0.15, 0.2) is 35.7 Å². The summed E-state index contributed by atoms with van der Waals surface area (Å²) in [6.45, 7) is 0.0257. The smallest absolute Gasteiger partial charge is 0.341 e. The van der Waals surface area contributed by atoms with Gasteiger partial charge in [-0.05, 0) is 54.0 Å². The second-order valence-electron chi connectivity index (χ2n) is 5.79. The SMILES string of the molecule is O=C(O)COc1cccc(CNC(=O)[C@@H]2CCCc3sccc32)c1. The number of hydrogen-bond donors (Lipinski definition) is 2. The molecule has 0 bridgehead atoms. The van der Waals surface area contributed by atoms with Gasteiger partial charge >= 0.3 is 5.97 Å². The zero-order valence-electron chi connectivity index (χ0n) is 13.2. The van der Waals surface area contributed by atoms with Crippen LogP contribution in [0.4, 0.5) is 0 Å². The lowest BCUT2D eigenvalue weighted by Gasteiger charge is -2.21. The highest BCUT2D eigenvalue weighted by Crippen LogP contribution is 2.35. The number of aliphatic carboxylic acids is 1. The van der Waals surface area contributed by atoms with E-state index in [0.717, 1.165) is 24.8 Å². The highest BCUT2D eigenvalue weighted by Gasteiger charge is 2.26. The molecule has 1 aromatic heterocycles. The molecule has 2 aromatic rings. The third kappa shape index (κ3) is 3.94. The summed E-state index contributed by atoms with van der Waals surface area (Å²) in [5, 5.41) is 13.7. The zero-order valence-corrected chi connectivity index (χ0v) is 14.0. The first-order valence-corrected chi connectivity index (χ1v) is 8.79. The van der Waals surface area contributed by atoms with Crippen LogP contribution in [0, 0.1) is 0 Å². The quantitative estimate of drug-likeness (QED) is 0.844. The van der Waals surface area contributed by atoms with Crippen LogP contribution in [0.3, 0.4) is 0 Å². The van der Waals surface area contributed by atoms with Gasteiger partial charge in [-0.25, -0.2) is 4.79 Å². The molecule has 0 fully saturated rings. The molecular formula is C18H19NO4S. The number of carbonyl (C=O) groups is 2. The van der Waals surface area contributed by atoms with Gasteiger partial charge < -0.3 is 15.2 Å². The maximum absolute atomic E-state index is 12.5. The molecule has 0 aliphatic heterocycles. The average molecular weight is 345 g/mol. The molecule has 1 aliphatic rings. The van der Waals surface area contributed by atoms with Gasteiger partial charge in [0, 0.05) is 11.4 Å². The molecule has 0 spiro atoms. The number of aryl methyl sites for hydroxylation is 1. The van der Waals surface area contributed by atoms with E-state index in [1.54, 1.807) is 29.5 Å². The highest BCUT2D eigenvalue weighted by atomic mass is 32.1. The lowest BCUT2D eigenvalue weighted by Crippen LogP contribution is -2.30. The highest BCUT2D eigenvalue weighted by molar-refractivity contribution is 7.10. The summed E-state index contributed by atoms with van der Waals surface area (Å²) in [4.78, 5) is 24.4. The van der Waals surface area contributed by atoms with E-state index in [4.69, 9.17) is 9.84 Å². The topological polar surface area (TPSA) is 75.6 Å². The van der Waals surface area contributed by atoms with Crippen LogP contribution in [0.1, 0.15) is 34.8 Å². The molecule has 0 unspecified atom stereocenters. The van der Waals surface area contributed by atoms with Crippen LogP contribution in [-0.2, 0) is 22.6 Å². The van der Waals surface area contributed by atoms with E-state index in [9.17, 15) is 9.59 Å². The minimum absolute atomic E-state index is 0.0474. The van der Waals surface area contributed by atoms with Crippen molar-refractivity contribution in [3.05, 3.63) is 51.7 Å². The zero-order chi connectivity index (χ0) is 16.9. The van der Waals surface area contributed by atoms with Gasteiger partial charge in [-0.2, -0.15) is 0 Å². The predicted octanol–water partition coefficient (Wildman–Crippen LogP) is 2.95. The van der Waals surface area contributed by atoms with Crippen molar-refractivity contribution in [1.29, 1.82) is 0 Å². The summed E-state index contributed by atoms with van der Waals surface area (Å²) in [5.74, 6) is -0.544. The molecule has 0 saturated carbocycles. The Morgan fingerprint density at radius 3 is 3.04 bits per heavy atom. The van der Waals surface area contributed by atoms with Crippen molar-refractivity contribution < 1.29 is 19.4 Å². The minimum Gasteiger partial charge on any atom is -0.482 e. The standard InChI is InChI=1S/C18H19NO4S/c20-17(21)11-23-13-4-1-3-12(9-13)10-19-18(22)15-5-2-6-16-14(15)7-8-24-16/h1,3-4,7-9,15H,2,5-6,10-11H2,(H,19,22)(H,20,21)/t15-/m1/s1. The van der Waals surface area contributed by atoms with Crippen LogP contribution >= 0.6 is 11.3 Å². The van der Waals surface area contributed by atoms with Gasteiger partial charge in [0.05, 0.1) is 5.92 Å². The Bertz CT molecular complexity index is 740. The molecule has 1 heterocycles. The third-order valence-electron chi connectivity index (χ3n) is 4.10. The molecule has 1 amide bonds. The summed E-state index contributed by atoms with van der Waals surface area (Å²) >= 11 is 1.73. The monoisotopic (exact) mass is 345 g/mol. The number of hydrogen-bond acceptors (Lipinski definition) is 4. The number of rotatable bonds is 6. The molecule has 6 heteroatoms. The Labute approximate surface area is 144 Å². The van der Waals surface area contributed by atoms with E-state index in [1.807, 2.05) is 6.07 Å².